The molecule has 0 saturated heterocycles. The highest BCUT2D eigenvalue weighted by atomic mass is 19.1. The van der Waals surface area contributed by atoms with Crippen LogP contribution >= 0.6 is 0 Å². The molecule has 0 spiro atoms. The minimum Gasteiger partial charge on any atom is -0.306 e. The molecule has 0 fully saturated rings. The van der Waals surface area contributed by atoms with Crippen molar-refractivity contribution in [1.82, 2.24) is 24.6 Å². The van der Waals surface area contributed by atoms with E-state index in [0.717, 1.165) is 0 Å². The van der Waals surface area contributed by atoms with Gasteiger partial charge in [-0.2, -0.15) is 5.10 Å². The van der Waals surface area contributed by atoms with Gasteiger partial charge in [-0.1, -0.05) is 18.7 Å². The fraction of sp³-hybridized carbons (Fsp3) is 0. The number of H-pyrrole nitrogens is 2. The second-order valence-corrected chi connectivity index (χ2v) is 5.28. The van der Waals surface area contributed by atoms with E-state index in [1.165, 1.54) is 6.07 Å². The Morgan fingerprint density at radius 1 is 1.21 bits per heavy atom. The maximum Gasteiger partial charge on any atom is 0.323 e. The highest BCUT2D eigenvalue weighted by molar-refractivity contribution is 5.68. The second kappa shape index (κ2) is 5.31. The van der Waals surface area contributed by atoms with Gasteiger partial charge >= 0.3 is 5.69 Å². The van der Waals surface area contributed by atoms with E-state index in [9.17, 15) is 9.18 Å². The molecule has 0 aliphatic carbocycles. The van der Waals surface area contributed by atoms with Gasteiger partial charge in [0.2, 0.25) is 0 Å². The van der Waals surface area contributed by atoms with Gasteiger partial charge in [0, 0.05) is 17.3 Å². The molecule has 3 aromatic heterocycles. The van der Waals surface area contributed by atoms with E-state index in [1.54, 1.807) is 47.3 Å². The van der Waals surface area contributed by atoms with Crippen LogP contribution < -0.4 is 16.4 Å². The normalized spacial score (nSPS) is 12.1. The number of benzene rings is 1. The summed E-state index contributed by atoms with van der Waals surface area (Å²) in [7, 11) is 0. The molecule has 1 aromatic carbocycles. The Labute approximate surface area is 134 Å². The van der Waals surface area contributed by atoms with Crippen molar-refractivity contribution in [3.05, 3.63) is 75.3 Å². The summed E-state index contributed by atoms with van der Waals surface area (Å²) in [6, 6.07) is 8.16. The molecule has 2 N–H and O–H groups in total. The molecule has 3 heterocycles. The van der Waals surface area contributed by atoms with Gasteiger partial charge in [0.05, 0.1) is 22.6 Å². The minimum atomic E-state index is -0.339. The highest BCUT2D eigenvalue weighted by Crippen LogP contribution is 2.21. The molecule has 0 unspecified atom stereocenters. The lowest BCUT2D eigenvalue weighted by molar-refractivity contribution is 0.630. The lowest BCUT2D eigenvalue weighted by Crippen LogP contribution is -2.22. The molecule has 4 rings (SSSR count). The van der Waals surface area contributed by atoms with Crippen molar-refractivity contribution in [3.8, 4) is 11.3 Å². The van der Waals surface area contributed by atoms with Gasteiger partial charge in [-0.15, -0.1) is 0 Å². The van der Waals surface area contributed by atoms with Crippen LogP contribution in [0.1, 0.15) is 5.56 Å². The lowest BCUT2D eigenvalue weighted by atomic mass is 10.1. The lowest BCUT2D eigenvalue weighted by Gasteiger charge is -2.03. The van der Waals surface area contributed by atoms with Gasteiger partial charge in [-0.3, -0.25) is 0 Å². The van der Waals surface area contributed by atoms with Crippen molar-refractivity contribution in [2.45, 2.75) is 0 Å². The summed E-state index contributed by atoms with van der Waals surface area (Å²) in [6.45, 7) is 3.76. The zero-order valence-electron chi connectivity index (χ0n) is 12.5. The summed E-state index contributed by atoms with van der Waals surface area (Å²) in [4.78, 5) is 21.0. The van der Waals surface area contributed by atoms with Gasteiger partial charge in [0.1, 0.15) is 5.82 Å². The predicted octanol–water partition coefficient (Wildman–Crippen LogP) is 0.791. The molecule has 0 amide bonds. The van der Waals surface area contributed by atoms with Crippen molar-refractivity contribution >= 4 is 18.3 Å². The summed E-state index contributed by atoms with van der Waals surface area (Å²) in [5.74, 6) is -0.339. The Balaban J connectivity index is 1.93. The molecule has 24 heavy (non-hydrogen) atoms. The fourth-order valence-electron chi connectivity index (χ4n) is 2.52. The smallest absolute Gasteiger partial charge is 0.306 e. The molecule has 0 radical (unpaired) electrons. The van der Waals surface area contributed by atoms with Gasteiger partial charge in [-0.05, 0) is 24.3 Å². The van der Waals surface area contributed by atoms with E-state index in [-0.39, 0.29) is 11.5 Å². The number of aromatic amines is 2. The first-order valence-corrected chi connectivity index (χ1v) is 7.20. The number of aromatic nitrogens is 5. The first-order valence-electron chi connectivity index (χ1n) is 7.20. The number of rotatable bonds is 2. The van der Waals surface area contributed by atoms with Crippen LogP contribution in [-0.4, -0.2) is 24.6 Å². The van der Waals surface area contributed by atoms with Gasteiger partial charge in [0.25, 0.3) is 0 Å². The number of hydrogen-bond acceptors (Lipinski definition) is 3. The molecule has 0 saturated carbocycles. The van der Waals surface area contributed by atoms with E-state index in [4.69, 9.17) is 0 Å². The third-order valence-corrected chi connectivity index (χ3v) is 3.68. The Hall–Kier alpha value is -3.48. The quantitative estimate of drug-likeness (QED) is 0.573. The van der Waals surface area contributed by atoms with Gasteiger partial charge in [0.15, 0.2) is 5.65 Å². The molecular formula is C17H12FN5O. The molecular weight excluding hydrogens is 309 g/mol. The molecule has 6 nitrogen and oxygen atoms in total. The van der Waals surface area contributed by atoms with E-state index in [1.807, 2.05) is 0 Å². The van der Waals surface area contributed by atoms with Crippen LogP contribution in [0.3, 0.4) is 0 Å². The van der Waals surface area contributed by atoms with Crippen LogP contribution in [0.5, 0.6) is 0 Å². The van der Waals surface area contributed by atoms with Crippen molar-refractivity contribution in [2.24, 2.45) is 0 Å². The zero-order valence-corrected chi connectivity index (χ0v) is 12.5. The number of imidazole rings is 1. The Bertz CT molecular complexity index is 1220. The van der Waals surface area contributed by atoms with Crippen LogP contribution in [-0.2, 0) is 0 Å². The van der Waals surface area contributed by atoms with Crippen molar-refractivity contribution < 1.29 is 4.39 Å². The maximum atomic E-state index is 14.0. The molecule has 0 aliphatic heterocycles. The average molecular weight is 321 g/mol. The monoisotopic (exact) mass is 321 g/mol. The zero-order chi connectivity index (χ0) is 16.7. The standard InChI is InChI=1S/C17H12FN5O/c1-10-15(22-17(24)20-10)8-11-9-19-23-7-6-14(21-16(11)23)12-4-2-3-5-13(12)18/h2-9H,1H2,(H2,20,22,24)/b15-8-. The van der Waals surface area contributed by atoms with Crippen molar-refractivity contribution in [2.75, 3.05) is 0 Å². The molecule has 0 atom stereocenters. The number of nitrogens with one attached hydrogen (secondary N) is 2. The van der Waals surface area contributed by atoms with Gasteiger partial charge in [-0.25, -0.2) is 18.7 Å². The largest absolute Gasteiger partial charge is 0.323 e. The Kier molecular flexibility index (Phi) is 3.13. The summed E-state index contributed by atoms with van der Waals surface area (Å²) in [5, 5.41) is 5.24. The molecule has 7 heteroatoms. The van der Waals surface area contributed by atoms with Crippen LogP contribution in [0, 0.1) is 5.82 Å². The van der Waals surface area contributed by atoms with Crippen molar-refractivity contribution in [1.29, 1.82) is 0 Å². The maximum absolute atomic E-state index is 14.0. The topological polar surface area (TPSA) is 78.8 Å². The van der Waals surface area contributed by atoms with E-state index < -0.39 is 0 Å². The van der Waals surface area contributed by atoms with Crippen LogP contribution in [0.2, 0.25) is 0 Å². The number of halogens is 1. The number of hydrogen-bond donors (Lipinski definition) is 2. The first kappa shape index (κ1) is 14.1. The predicted molar refractivity (Wildman–Crippen MR) is 88.1 cm³/mol. The summed E-state index contributed by atoms with van der Waals surface area (Å²) >= 11 is 0. The SMILES string of the molecule is C=c1[nH]c(=O)[nH]/c1=C\c1cnn2ccc(-c3ccccc3F)nc12. The van der Waals surface area contributed by atoms with E-state index >= 15 is 0 Å². The van der Waals surface area contributed by atoms with Crippen LogP contribution in [0.15, 0.2) is 47.5 Å². The Morgan fingerprint density at radius 3 is 2.79 bits per heavy atom. The second-order valence-electron chi connectivity index (χ2n) is 5.28. The highest BCUT2D eigenvalue weighted by Gasteiger charge is 2.09. The summed E-state index contributed by atoms with van der Waals surface area (Å²) in [5.41, 5.74) is 1.83. The minimum absolute atomic E-state index is 0.331. The first-order chi connectivity index (χ1) is 11.6. The van der Waals surface area contributed by atoms with Crippen LogP contribution in [0.4, 0.5) is 4.39 Å². The van der Waals surface area contributed by atoms with Crippen molar-refractivity contribution in [3.63, 3.8) is 0 Å². The van der Waals surface area contributed by atoms with E-state index in [0.29, 0.717) is 33.2 Å². The van der Waals surface area contributed by atoms with Crippen LogP contribution in [0.25, 0.3) is 29.6 Å². The Morgan fingerprint density at radius 2 is 2.04 bits per heavy atom. The number of nitrogens with zero attached hydrogens (tertiary/aromatic N) is 3. The van der Waals surface area contributed by atoms with E-state index in [2.05, 4.69) is 26.6 Å². The molecule has 118 valence electrons. The average Bonchev–Trinajstić information content (AvgIpc) is 3.11. The molecule has 0 aliphatic rings. The third kappa shape index (κ3) is 2.32. The summed E-state index contributed by atoms with van der Waals surface area (Å²) < 4.78 is 15.6. The fourth-order valence-corrected chi connectivity index (χ4v) is 2.52. The molecule has 0 bridgehead atoms. The number of fused-ring (bicyclic) bond motifs is 1. The van der Waals surface area contributed by atoms with Gasteiger partial charge < -0.3 is 9.97 Å². The molecule has 4 aromatic rings. The summed E-state index contributed by atoms with van der Waals surface area (Å²) in [6.07, 6.45) is 5.06. The third-order valence-electron chi connectivity index (χ3n) is 3.68.